The van der Waals surface area contributed by atoms with Gasteiger partial charge in [-0.15, -0.1) is 6.58 Å². The van der Waals surface area contributed by atoms with E-state index >= 15 is 0 Å². The average Bonchev–Trinajstić information content (AvgIpc) is 3.33. The molecule has 192 valence electrons. The van der Waals surface area contributed by atoms with Gasteiger partial charge in [-0.1, -0.05) is 32.1 Å². The summed E-state index contributed by atoms with van der Waals surface area (Å²) in [6.45, 7) is 10.1. The number of ketones is 1. The zero-order valence-corrected chi connectivity index (χ0v) is 21.4. The number of hydrogen-bond acceptors (Lipinski definition) is 5. The van der Waals surface area contributed by atoms with Gasteiger partial charge in [-0.05, 0) is 81.5 Å². The molecule has 2 aliphatic carbocycles. The van der Waals surface area contributed by atoms with Gasteiger partial charge in [-0.25, -0.2) is 0 Å². The number of unbranched alkanes of at least 4 members (excludes halogenated alkanes) is 1. The van der Waals surface area contributed by atoms with Crippen LogP contribution in [0.3, 0.4) is 0 Å². The first-order chi connectivity index (χ1) is 16.5. The first-order valence-corrected chi connectivity index (χ1v) is 13.8. The summed E-state index contributed by atoms with van der Waals surface area (Å²) in [5.41, 5.74) is -0.0212. The van der Waals surface area contributed by atoms with E-state index in [-0.39, 0.29) is 36.1 Å². The number of allylic oxidation sites excluding steroid dienone is 1. The third-order valence-corrected chi connectivity index (χ3v) is 8.43. The second-order valence-corrected chi connectivity index (χ2v) is 11.6. The second kappa shape index (κ2) is 12.3. The highest BCUT2D eigenvalue weighted by Gasteiger charge is 2.48. The van der Waals surface area contributed by atoms with Gasteiger partial charge in [0.1, 0.15) is 5.78 Å². The van der Waals surface area contributed by atoms with Crippen LogP contribution in [0.15, 0.2) is 24.8 Å². The number of Topliss-reactive ketones (excluding diaryl/α,β-unsaturated/α-hetero) is 1. The molecule has 0 spiro atoms. The molecule has 5 heteroatoms. The summed E-state index contributed by atoms with van der Waals surface area (Å²) >= 11 is 0. The molecule has 4 aliphatic rings. The maximum absolute atomic E-state index is 12.3. The zero-order valence-electron chi connectivity index (χ0n) is 21.4. The molecule has 4 fully saturated rings. The molecular weight excluding hydrogens is 428 g/mol. The SMILES string of the molecule is C=CCCCC(C)(C)C(/C=C\C1C(OC2CCCCO2)CC2CC(=O)CC21)OC1CCCCO1. The highest BCUT2D eigenvalue weighted by Crippen LogP contribution is 2.49. The quantitative estimate of drug-likeness (QED) is 0.257. The summed E-state index contributed by atoms with van der Waals surface area (Å²) < 4.78 is 25.0. The van der Waals surface area contributed by atoms with Gasteiger partial charge in [0.15, 0.2) is 12.6 Å². The lowest BCUT2D eigenvalue weighted by atomic mass is 9.80. The first kappa shape index (κ1) is 26.1. The van der Waals surface area contributed by atoms with Crippen molar-refractivity contribution in [1.29, 1.82) is 0 Å². The average molecular weight is 475 g/mol. The minimum Gasteiger partial charge on any atom is -0.353 e. The van der Waals surface area contributed by atoms with Crippen LogP contribution in [0.2, 0.25) is 0 Å². The van der Waals surface area contributed by atoms with Gasteiger partial charge >= 0.3 is 0 Å². The maximum atomic E-state index is 12.3. The molecule has 2 heterocycles. The van der Waals surface area contributed by atoms with Crippen LogP contribution in [0.4, 0.5) is 0 Å². The van der Waals surface area contributed by atoms with Crippen molar-refractivity contribution in [2.24, 2.45) is 23.2 Å². The van der Waals surface area contributed by atoms with Crippen LogP contribution in [0.25, 0.3) is 0 Å². The van der Waals surface area contributed by atoms with Crippen LogP contribution in [0.5, 0.6) is 0 Å². The molecule has 7 unspecified atom stereocenters. The maximum Gasteiger partial charge on any atom is 0.158 e. The van der Waals surface area contributed by atoms with Crippen LogP contribution >= 0.6 is 0 Å². The van der Waals surface area contributed by atoms with Crippen molar-refractivity contribution in [1.82, 2.24) is 0 Å². The molecule has 0 amide bonds. The Hall–Kier alpha value is -1.01. The lowest BCUT2D eigenvalue weighted by Gasteiger charge is -2.36. The van der Waals surface area contributed by atoms with E-state index in [1.54, 1.807) is 0 Å². The molecule has 0 bridgehead atoms. The summed E-state index contributed by atoms with van der Waals surface area (Å²) in [6, 6.07) is 0. The Kier molecular flexibility index (Phi) is 9.42. The van der Waals surface area contributed by atoms with Crippen LogP contribution in [-0.2, 0) is 23.7 Å². The van der Waals surface area contributed by atoms with Crippen molar-refractivity contribution in [3.05, 3.63) is 24.8 Å². The van der Waals surface area contributed by atoms with E-state index in [0.29, 0.717) is 30.5 Å². The summed E-state index contributed by atoms with van der Waals surface area (Å²) in [6.07, 6.45) is 18.5. The molecule has 2 aliphatic heterocycles. The zero-order chi connectivity index (χ0) is 24.0. The van der Waals surface area contributed by atoms with Gasteiger partial charge in [0, 0.05) is 32.0 Å². The van der Waals surface area contributed by atoms with Crippen molar-refractivity contribution < 1.29 is 23.7 Å². The number of ether oxygens (including phenoxy) is 4. The van der Waals surface area contributed by atoms with Gasteiger partial charge < -0.3 is 18.9 Å². The molecule has 0 radical (unpaired) electrons. The number of carbonyl (C=O) groups is 1. The van der Waals surface area contributed by atoms with Crippen molar-refractivity contribution in [3.8, 4) is 0 Å². The summed E-state index contributed by atoms with van der Waals surface area (Å²) in [5.74, 6) is 1.48. The Bertz CT molecular complexity index is 689. The summed E-state index contributed by atoms with van der Waals surface area (Å²) in [5, 5.41) is 0. The van der Waals surface area contributed by atoms with Crippen molar-refractivity contribution in [3.63, 3.8) is 0 Å². The van der Waals surface area contributed by atoms with Gasteiger partial charge in [0.25, 0.3) is 0 Å². The van der Waals surface area contributed by atoms with E-state index < -0.39 is 0 Å². The number of fused-ring (bicyclic) bond motifs is 1. The van der Waals surface area contributed by atoms with Crippen molar-refractivity contribution in [2.45, 2.75) is 116 Å². The van der Waals surface area contributed by atoms with Crippen molar-refractivity contribution in [2.75, 3.05) is 13.2 Å². The molecule has 4 rings (SSSR count). The highest BCUT2D eigenvalue weighted by molar-refractivity contribution is 5.81. The number of rotatable bonds is 11. The summed E-state index contributed by atoms with van der Waals surface area (Å²) in [4.78, 5) is 12.3. The molecule has 0 N–H and O–H groups in total. The van der Waals surface area contributed by atoms with E-state index in [1.165, 1.54) is 6.42 Å². The third-order valence-electron chi connectivity index (χ3n) is 8.43. The fraction of sp³-hybridized carbons (Fsp3) is 0.828. The lowest BCUT2D eigenvalue weighted by Crippen LogP contribution is -2.37. The third kappa shape index (κ3) is 6.81. The largest absolute Gasteiger partial charge is 0.353 e. The van der Waals surface area contributed by atoms with E-state index in [1.807, 2.05) is 6.08 Å². The molecule has 0 aromatic carbocycles. The minimum atomic E-state index is -0.130. The van der Waals surface area contributed by atoms with Gasteiger partial charge in [-0.2, -0.15) is 0 Å². The predicted molar refractivity (Wildman–Crippen MR) is 133 cm³/mol. The molecule has 34 heavy (non-hydrogen) atoms. The molecule has 7 atom stereocenters. The van der Waals surface area contributed by atoms with Gasteiger partial charge in [0.05, 0.1) is 12.2 Å². The standard InChI is InChI=1S/C29H46O5/c1-4-5-8-15-29(2,3)26(34-28-12-7-10-17-32-28)14-13-23-24-20-22(30)18-21(24)19-25(23)33-27-11-6-9-16-31-27/h4,13-14,21,23-28H,1,5-12,15-20H2,2-3H3/b14-13-. The van der Waals surface area contributed by atoms with Gasteiger partial charge in [0.2, 0.25) is 0 Å². The van der Waals surface area contributed by atoms with E-state index in [2.05, 4.69) is 32.6 Å². The first-order valence-electron chi connectivity index (χ1n) is 13.8. The second-order valence-electron chi connectivity index (χ2n) is 11.6. The molecule has 0 aromatic rings. The number of hydrogen-bond donors (Lipinski definition) is 0. The van der Waals surface area contributed by atoms with Crippen LogP contribution in [0.1, 0.15) is 90.9 Å². The normalized spacial score (nSPS) is 35.5. The Labute approximate surface area is 206 Å². The van der Waals surface area contributed by atoms with Crippen LogP contribution in [0, 0.1) is 23.2 Å². The van der Waals surface area contributed by atoms with Gasteiger partial charge in [-0.3, -0.25) is 4.79 Å². The van der Waals surface area contributed by atoms with E-state index in [9.17, 15) is 4.79 Å². The molecule has 2 saturated carbocycles. The Morgan fingerprint density at radius 3 is 2.50 bits per heavy atom. The fourth-order valence-electron chi connectivity index (χ4n) is 6.37. The lowest BCUT2D eigenvalue weighted by molar-refractivity contribution is -0.198. The van der Waals surface area contributed by atoms with E-state index in [0.717, 1.165) is 71.0 Å². The smallest absolute Gasteiger partial charge is 0.158 e. The monoisotopic (exact) mass is 474 g/mol. The van der Waals surface area contributed by atoms with Crippen LogP contribution in [-0.4, -0.2) is 43.8 Å². The fourth-order valence-corrected chi connectivity index (χ4v) is 6.37. The Morgan fingerprint density at radius 2 is 1.82 bits per heavy atom. The molecule has 2 saturated heterocycles. The molecule has 0 aromatic heterocycles. The molecular formula is C29H46O5. The topological polar surface area (TPSA) is 54.0 Å². The highest BCUT2D eigenvalue weighted by atomic mass is 16.7. The predicted octanol–water partition coefficient (Wildman–Crippen LogP) is 6.36. The van der Waals surface area contributed by atoms with Crippen molar-refractivity contribution >= 4 is 5.78 Å². The minimum absolute atomic E-state index is 0.0212. The Balaban J connectivity index is 1.49. The summed E-state index contributed by atoms with van der Waals surface area (Å²) in [7, 11) is 0. The van der Waals surface area contributed by atoms with E-state index in [4.69, 9.17) is 18.9 Å². The number of carbonyl (C=O) groups excluding carboxylic acids is 1. The molecule has 5 nitrogen and oxygen atoms in total. The Morgan fingerprint density at radius 1 is 1.09 bits per heavy atom. The van der Waals surface area contributed by atoms with Crippen LogP contribution < -0.4 is 0 Å².